The van der Waals surface area contributed by atoms with Gasteiger partial charge in [0, 0.05) is 31.7 Å². The van der Waals surface area contributed by atoms with Crippen molar-refractivity contribution in [2.75, 3.05) is 40.9 Å². The maximum atomic E-state index is 5.53. The van der Waals surface area contributed by atoms with Crippen molar-refractivity contribution in [3.8, 4) is 11.5 Å². The molecule has 0 radical (unpaired) electrons. The number of nitrogens with zero attached hydrogens (tertiary/aromatic N) is 2. The molecule has 0 bridgehead atoms. The van der Waals surface area contributed by atoms with E-state index in [4.69, 9.17) is 9.47 Å². The van der Waals surface area contributed by atoms with Crippen molar-refractivity contribution < 1.29 is 9.47 Å². The molecule has 0 unspecified atom stereocenters. The third-order valence-corrected chi connectivity index (χ3v) is 5.39. The van der Waals surface area contributed by atoms with E-state index in [1.807, 2.05) is 0 Å². The Morgan fingerprint density at radius 1 is 1.13 bits per heavy atom. The number of fused-ring (bicyclic) bond motifs is 3. The molecule has 4 heteroatoms. The van der Waals surface area contributed by atoms with E-state index in [1.54, 1.807) is 14.2 Å². The Labute approximate surface area is 140 Å². The van der Waals surface area contributed by atoms with Crippen molar-refractivity contribution in [2.24, 2.45) is 5.92 Å². The van der Waals surface area contributed by atoms with Crippen molar-refractivity contribution in [1.29, 1.82) is 0 Å². The standard InChI is InChI=1S/C19H30N2O2/c1-13(2)8-15-11-21-7-6-14-9-18(22-4)19(23-5)10-16(14)17(21)12-20(15)3/h9-10,13,15,17H,6-8,11-12H2,1-5H3/t15-,17-/m1/s1. The predicted octanol–water partition coefficient (Wildman–Crippen LogP) is 2.96. The molecule has 3 rings (SSSR count). The quantitative estimate of drug-likeness (QED) is 0.852. The Kier molecular flexibility index (Phi) is 4.83. The lowest BCUT2D eigenvalue weighted by Crippen LogP contribution is -2.55. The van der Waals surface area contributed by atoms with E-state index in [0.717, 1.165) is 36.9 Å². The van der Waals surface area contributed by atoms with Crippen LogP contribution in [0, 0.1) is 5.92 Å². The van der Waals surface area contributed by atoms with Crippen LogP contribution >= 0.6 is 0 Å². The van der Waals surface area contributed by atoms with Crippen LogP contribution in [0.25, 0.3) is 0 Å². The summed E-state index contributed by atoms with van der Waals surface area (Å²) in [5.41, 5.74) is 2.84. The molecular formula is C19H30N2O2. The molecule has 0 spiro atoms. The molecule has 0 amide bonds. The molecule has 2 aliphatic rings. The second kappa shape index (κ2) is 6.70. The zero-order valence-corrected chi connectivity index (χ0v) is 15.1. The summed E-state index contributed by atoms with van der Waals surface area (Å²) in [6.45, 7) is 8.06. The van der Waals surface area contributed by atoms with Crippen LogP contribution in [0.2, 0.25) is 0 Å². The van der Waals surface area contributed by atoms with Gasteiger partial charge < -0.3 is 14.4 Å². The van der Waals surface area contributed by atoms with Crippen molar-refractivity contribution >= 4 is 0 Å². The van der Waals surface area contributed by atoms with Gasteiger partial charge in [0.1, 0.15) is 0 Å². The second-order valence-electron chi connectivity index (χ2n) is 7.39. The lowest BCUT2D eigenvalue weighted by atomic mass is 9.88. The van der Waals surface area contributed by atoms with E-state index in [-0.39, 0.29) is 0 Å². The van der Waals surface area contributed by atoms with E-state index in [1.165, 1.54) is 24.1 Å². The second-order valence-corrected chi connectivity index (χ2v) is 7.39. The van der Waals surface area contributed by atoms with Crippen molar-refractivity contribution in [2.45, 2.75) is 38.8 Å². The van der Waals surface area contributed by atoms with Gasteiger partial charge in [0.25, 0.3) is 0 Å². The Morgan fingerprint density at radius 3 is 2.48 bits per heavy atom. The number of likely N-dealkylation sites (N-methyl/N-ethyl adjacent to an activating group) is 1. The summed E-state index contributed by atoms with van der Waals surface area (Å²) in [7, 11) is 5.71. The van der Waals surface area contributed by atoms with Crippen molar-refractivity contribution in [3.63, 3.8) is 0 Å². The van der Waals surface area contributed by atoms with Crippen molar-refractivity contribution in [3.05, 3.63) is 23.3 Å². The number of benzene rings is 1. The molecule has 128 valence electrons. The maximum Gasteiger partial charge on any atom is 0.161 e. The SMILES string of the molecule is COc1cc2c(cc1OC)[C@H]1CN(C)[C@H](CC(C)C)CN1CC2. The normalized spacial score (nSPS) is 25.1. The molecule has 1 saturated heterocycles. The maximum absolute atomic E-state index is 5.53. The number of piperazine rings is 1. The van der Waals surface area contributed by atoms with Crippen LogP contribution in [0.5, 0.6) is 11.5 Å². The Morgan fingerprint density at radius 2 is 1.83 bits per heavy atom. The fourth-order valence-electron chi connectivity index (χ4n) is 4.14. The smallest absolute Gasteiger partial charge is 0.161 e. The first-order chi connectivity index (χ1) is 11.0. The van der Waals surface area contributed by atoms with Crippen LogP contribution in [-0.2, 0) is 6.42 Å². The molecule has 2 heterocycles. The molecule has 0 aromatic heterocycles. The summed E-state index contributed by atoms with van der Waals surface area (Å²) in [6, 6.07) is 5.52. The highest BCUT2D eigenvalue weighted by atomic mass is 16.5. The predicted molar refractivity (Wildman–Crippen MR) is 93.4 cm³/mol. The molecule has 23 heavy (non-hydrogen) atoms. The average molecular weight is 318 g/mol. The largest absolute Gasteiger partial charge is 0.493 e. The molecule has 2 atom stereocenters. The van der Waals surface area contributed by atoms with Crippen LogP contribution in [0.1, 0.15) is 37.4 Å². The first kappa shape index (κ1) is 16.6. The molecule has 0 N–H and O–H groups in total. The lowest BCUT2D eigenvalue weighted by molar-refractivity contribution is 0.0294. The van der Waals surface area contributed by atoms with E-state index in [0.29, 0.717) is 12.1 Å². The van der Waals surface area contributed by atoms with Crippen LogP contribution < -0.4 is 9.47 Å². The Hall–Kier alpha value is -1.26. The molecule has 0 saturated carbocycles. The van der Waals surface area contributed by atoms with Crippen LogP contribution in [-0.4, -0.2) is 56.7 Å². The first-order valence-corrected chi connectivity index (χ1v) is 8.72. The van der Waals surface area contributed by atoms with Gasteiger partial charge >= 0.3 is 0 Å². The number of methoxy groups -OCH3 is 2. The lowest BCUT2D eigenvalue weighted by Gasteiger charge is -2.48. The van der Waals surface area contributed by atoms with Gasteiger partial charge in [-0.1, -0.05) is 13.8 Å². The Balaban J connectivity index is 1.87. The monoisotopic (exact) mass is 318 g/mol. The zero-order valence-electron chi connectivity index (χ0n) is 15.1. The third kappa shape index (κ3) is 3.20. The van der Waals surface area contributed by atoms with Gasteiger partial charge in [0.15, 0.2) is 11.5 Å². The number of rotatable bonds is 4. The zero-order chi connectivity index (χ0) is 16.6. The van der Waals surface area contributed by atoms with Gasteiger partial charge in [-0.05, 0) is 49.1 Å². The Bertz CT molecular complexity index is 559. The van der Waals surface area contributed by atoms with Gasteiger partial charge in [0.2, 0.25) is 0 Å². The van der Waals surface area contributed by atoms with Gasteiger partial charge in [-0.2, -0.15) is 0 Å². The topological polar surface area (TPSA) is 24.9 Å². The minimum absolute atomic E-state index is 0.479. The van der Waals surface area contributed by atoms with Gasteiger partial charge in [-0.25, -0.2) is 0 Å². The highest BCUT2D eigenvalue weighted by molar-refractivity contribution is 5.49. The number of ether oxygens (including phenoxy) is 2. The van der Waals surface area contributed by atoms with E-state index >= 15 is 0 Å². The summed E-state index contributed by atoms with van der Waals surface area (Å²) >= 11 is 0. The summed E-state index contributed by atoms with van der Waals surface area (Å²) < 4.78 is 11.0. The molecular weight excluding hydrogens is 288 g/mol. The van der Waals surface area contributed by atoms with Crippen LogP contribution in [0.3, 0.4) is 0 Å². The molecule has 1 aromatic carbocycles. The van der Waals surface area contributed by atoms with Gasteiger partial charge in [-0.15, -0.1) is 0 Å². The minimum atomic E-state index is 0.479. The highest BCUT2D eigenvalue weighted by Crippen LogP contribution is 2.40. The van der Waals surface area contributed by atoms with E-state index in [9.17, 15) is 0 Å². The summed E-state index contributed by atoms with van der Waals surface area (Å²) in [4.78, 5) is 5.22. The summed E-state index contributed by atoms with van der Waals surface area (Å²) in [5.74, 6) is 2.45. The highest BCUT2D eigenvalue weighted by Gasteiger charge is 2.36. The van der Waals surface area contributed by atoms with Crippen LogP contribution in [0.4, 0.5) is 0 Å². The molecule has 2 aliphatic heterocycles. The summed E-state index contributed by atoms with van der Waals surface area (Å²) in [5, 5.41) is 0. The van der Waals surface area contributed by atoms with Gasteiger partial charge in [0.05, 0.1) is 14.2 Å². The molecule has 0 aliphatic carbocycles. The fraction of sp³-hybridized carbons (Fsp3) is 0.684. The number of hydrogen-bond acceptors (Lipinski definition) is 4. The summed E-state index contributed by atoms with van der Waals surface area (Å²) in [6.07, 6.45) is 2.38. The number of hydrogen-bond donors (Lipinski definition) is 0. The average Bonchev–Trinajstić information content (AvgIpc) is 2.53. The first-order valence-electron chi connectivity index (χ1n) is 8.72. The fourth-order valence-corrected chi connectivity index (χ4v) is 4.14. The third-order valence-electron chi connectivity index (χ3n) is 5.39. The minimum Gasteiger partial charge on any atom is -0.493 e. The molecule has 4 nitrogen and oxygen atoms in total. The van der Waals surface area contributed by atoms with Crippen LogP contribution in [0.15, 0.2) is 12.1 Å². The van der Waals surface area contributed by atoms with Crippen molar-refractivity contribution in [1.82, 2.24) is 9.80 Å². The molecule has 1 aromatic rings. The molecule has 1 fully saturated rings. The van der Waals surface area contributed by atoms with E-state index < -0.39 is 0 Å². The van der Waals surface area contributed by atoms with E-state index in [2.05, 4.69) is 42.8 Å². The van der Waals surface area contributed by atoms with Gasteiger partial charge in [-0.3, -0.25) is 4.90 Å².